The lowest BCUT2D eigenvalue weighted by atomic mass is 9.99. The third-order valence-electron chi connectivity index (χ3n) is 5.18. The Hall–Kier alpha value is -2.90. The molecule has 0 saturated carbocycles. The molecule has 0 radical (unpaired) electrons. The minimum absolute atomic E-state index is 0.0568. The van der Waals surface area contributed by atoms with Gasteiger partial charge < -0.3 is 9.47 Å². The quantitative estimate of drug-likeness (QED) is 0.609. The van der Waals surface area contributed by atoms with Gasteiger partial charge in [0.25, 0.3) is 0 Å². The van der Waals surface area contributed by atoms with Gasteiger partial charge in [0, 0.05) is 6.42 Å². The van der Waals surface area contributed by atoms with Gasteiger partial charge in [-0.3, -0.25) is 0 Å². The number of aryl methyl sites for hydroxylation is 1. The summed E-state index contributed by atoms with van der Waals surface area (Å²) in [6.07, 6.45) is 1.23. The summed E-state index contributed by atoms with van der Waals surface area (Å²) in [7, 11) is -3.89. The number of rotatable bonds is 6. The van der Waals surface area contributed by atoms with E-state index < -0.39 is 21.9 Å². The molecule has 0 amide bonds. The summed E-state index contributed by atoms with van der Waals surface area (Å²) in [5, 5.41) is 0. The Morgan fingerprint density at radius 3 is 2.45 bits per heavy atom. The van der Waals surface area contributed by atoms with Crippen molar-refractivity contribution in [1.29, 1.82) is 0 Å². The highest BCUT2D eigenvalue weighted by atomic mass is 32.2. The van der Waals surface area contributed by atoms with Crippen LogP contribution in [0.1, 0.15) is 29.2 Å². The lowest BCUT2D eigenvalue weighted by Gasteiger charge is -2.21. The van der Waals surface area contributed by atoms with Crippen molar-refractivity contribution >= 4 is 10.0 Å². The van der Waals surface area contributed by atoms with E-state index in [9.17, 15) is 12.8 Å². The molecule has 1 aliphatic heterocycles. The van der Waals surface area contributed by atoms with Crippen LogP contribution < -0.4 is 14.2 Å². The maximum atomic E-state index is 13.5. The smallest absolute Gasteiger partial charge is 0.241 e. The lowest BCUT2D eigenvalue weighted by Crippen LogP contribution is -2.30. The number of fused-ring (bicyclic) bond motifs is 1. The van der Waals surface area contributed by atoms with Gasteiger partial charge in [-0.15, -0.1) is 0 Å². The minimum atomic E-state index is -3.89. The molecule has 0 aliphatic carbocycles. The molecule has 7 heteroatoms. The van der Waals surface area contributed by atoms with Gasteiger partial charge in [-0.25, -0.2) is 17.5 Å². The van der Waals surface area contributed by atoms with E-state index in [4.69, 9.17) is 9.47 Å². The van der Waals surface area contributed by atoms with E-state index in [2.05, 4.69) is 4.72 Å². The first-order valence-electron chi connectivity index (χ1n) is 10.1. The number of benzene rings is 3. The molecule has 1 N–H and O–H groups in total. The molecule has 31 heavy (non-hydrogen) atoms. The summed E-state index contributed by atoms with van der Waals surface area (Å²) in [6.45, 7) is 2.70. The standard InChI is InChI=1S/C24H24FNO4S/c1-17-14-20(25)9-11-24(17)31(27,28)26-21(15-18-6-3-2-4-7-18)19-8-10-22-23(16-19)30-13-5-12-29-22/h2-4,6-11,14,16,21,26H,5,12-13,15H2,1H3. The number of hydrogen-bond acceptors (Lipinski definition) is 4. The Kier molecular flexibility index (Phi) is 6.25. The Morgan fingerprint density at radius 1 is 0.968 bits per heavy atom. The number of nitrogens with one attached hydrogen (secondary N) is 1. The predicted molar refractivity (Wildman–Crippen MR) is 116 cm³/mol. The van der Waals surface area contributed by atoms with Crippen LogP contribution in [-0.2, 0) is 16.4 Å². The molecule has 4 rings (SSSR count). The van der Waals surface area contributed by atoms with E-state index in [1.54, 1.807) is 6.92 Å². The zero-order valence-corrected chi connectivity index (χ0v) is 18.0. The maximum Gasteiger partial charge on any atom is 0.241 e. The molecule has 5 nitrogen and oxygen atoms in total. The first-order chi connectivity index (χ1) is 14.9. The Bertz CT molecular complexity index is 1170. The molecular weight excluding hydrogens is 417 g/mol. The first kappa shape index (κ1) is 21.3. The van der Waals surface area contributed by atoms with Crippen LogP contribution >= 0.6 is 0 Å². The molecule has 1 heterocycles. The summed E-state index contributed by atoms with van der Waals surface area (Å²) < 4.78 is 54.2. The predicted octanol–water partition coefficient (Wildman–Crippen LogP) is 4.56. The average Bonchev–Trinajstić information content (AvgIpc) is 2.98. The molecule has 162 valence electrons. The van der Waals surface area contributed by atoms with Gasteiger partial charge in [-0.2, -0.15) is 0 Å². The van der Waals surface area contributed by atoms with Gasteiger partial charge in [0.2, 0.25) is 10.0 Å². The number of ether oxygens (including phenoxy) is 2. The number of halogens is 1. The molecule has 1 aliphatic rings. The van der Waals surface area contributed by atoms with Crippen LogP contribution in [0.25, 0.3) is 0 Å². The van der Waals surface area contributed by atoms with Crippen molar-refractivity contribution in [1.82, 2.24) is 4.72 Å². The monoisotopic (exact) mass is 441 g/mol. The van der Waals surface area contributed by atoms with Crippen molar-refractivity contribution in [2.45, 2.75) is 30.7 Å². The van der Waals surface area contributed by atoms with Gasteiger partial charge >= 0.3 is 0 Å². The van der Waals surface area contributed by atoms with Crippen molar-refractivity contribution in [2.75, 3.05) is 13.2 Å². The first-order valence-corrected chi connectivity index (χ1v) is 11.6. The van der Waals surface area contributed by atoms with E-state index in [1.165, 1.54) is 12.1 Å². The van der Waals surface area contributed by atoms with Crippen molar-refractivity contribution in [3.8, 4) is 11.5 Å². The molecule has 1 atom stereocenters. The van der Waals surface area contributed by atoms with E-state index in [0.29, 0.717) is 36.7 Å². The fourth-order valence-electron chi connectivity index (χ4n) is 3.64. The van der Waals surface area contributed by atoms with Crippen LogP contribution in [0.3, 0.4) is 0 Å². The normalized spacial score (nSPS) is 14.6. The third-order valence-corrected chi connectivity index (χ3v) is 6.81. The van der Waals surface area contributed by atoms with Crippen molar-refractivity contribution in [3.63, 3.8) is 0 Å². The zero-order chi connectivity index (χ0) is 21.8. The summed E-state index contributed by atoms with van der Waals surface area (Å²) in [5.41, 5.74) is 2.10. The van der Waals surface area contributed by atoms with Crippen LogP contribution in [0.2, 0.25) is 0 Å². The second-order valence-corrected chi connectivity index (χ2v) is 9.21. The van der Waals surface area contributed by atoms with E-state index in [0.717, 1.165) is 23.6 Å². The van der Waals surface area contributed by atoms with Crippen molar-refractivity contribution in [3.05, 3.63) is 89.2 Å². The Labute approximate surface area is 181 Å². The Morgan fingerprint density at radius 2 is 1.71 bits per heavy atom. The molecule has 0 bridgehead atoms. The molecule has 3 aromatic rings. The lowest BCUT2D eigenvalue weighted by molar-refractivity contribution is 0.297. The van der Waals surface area contributed by atoms with E-state index in [-0.39, 0.29) is 4.90 Å². The zero-order valence-electron chi connectivity index (χ0n) is 17.2. The number of sulfonamides is 1. The van der Waals surface area contributed by atoms with Gasteiger partial charge in [-0.1, -0.05) is 36.4 Å². The van der Waals surface area contributed by atoms with Crippen molar-refractivity contribution in [2.24, 2.45) is 0 Å². The number of hydrogen-bond donors (Lipinski definition) is 1. The molecule has 0 spiro atoms. The second kappa shape index (κ2) is 9.08. The molecule has 0 saturated heterocycles. The Balaban J connectivity index is 1.70. The molecule has 3 aromatic carbocycles. The molecular formula is C24H24FNO4S. The van der Waals surface area contributed by atoms with Gasteiger partial charge in [0.15, 0.2) is 11.5 Å². The molecule has 0 aromatic heterocycles. The summed E-state index contributed by atoms with van der Waals surface area (Å²) in [4.78, 5) is 0.0568. The van der Waals surface area contributed by atoms with Crippen molar-refractivity contribution < 1.29 is 22.3 Å². The van der Waals surface area contributed by atoms with E-state index in [1.807, 2.05) is 48.5 Å². The highest BCUT2D eigenvalue weighted by Crippen LogP contribution is 2.34. The highest BCUT2D eigenvalue weighted by Gasteiger charge is 2.25. The maximum absolute atomic E-state index is 13.5. The summed E-state index contributed by atoms with van der Waals surface area (Å²) in [5.74, 6) is 0.780. The minimum Gasteiger partial charge on any atom is -0.490 e. The van der Waals surface area contributed by atoms with Crippen LogP contribution in [0, 0.1) is 12.7 Å². The van der Waals surface area contributed by atoms with Gasteiger partial charge in [0.05, 0.1) is 24.2 Å². The van der Waals surface area contributed by atoms with E-state index >= 15 is 0 Å². The second-order valence-electron chi connectivity index (χ2n) is 7.53. The van der Waals surface area contributed by atoms with Crippen LogP contribution in [0.4, 0.5) is 4.39 Å². The van der Waals surface area contributed by atoms with Crippen LogP contribution in [0.5, 0.6) is 11.5 Å². The fraction of sp³-hybridized carbons (Fsp3) is 0.250. The largest absolute Gasteiger partial charge is 0.490 e. The fourth-order valence-corrected chi connectivity index (χ4v) is 5.09. The SMILES string of the molecule is Cc1cc(F)ccc1S(=O)(=O)NC(Cc1ccccc1)c1ccc2c(c1)OCCCO2. The third kappa shape index (κ3) is 5.06. The molecule has 0 fully saturated rings. The van der Waals surface area contributed by atoms with Crippen LogP contribution in [0.15, 0.2) is 71.6 Å². The summed E-state index contributed by atoms with van der Waals surface area (Å²) >= 11 is 0. The van der Waals surface area contributed by atoms with Crippen LogP contribution in [-0.4, -0.2) is 21.6 Å². The van der Waals surface area contributed by atoms with Gasteiger partial charge in [0.1, 0.15) is 5.82 Å². The average molecular weight is 442 g/mol. The van der Waals surface area contributed by atoms with Gasteiger partial charge in [-0.05, 0) is 60.4 Å². The highest BCUT2D eigenvalue weighted by molar-refractivity contribution is 7.89. The summed E-state index contributed by atoms with van der Waals surface area (Å²) in [6, 6.07) is 18.3. The molecule has 1 unspecified atom stereocenters. The topological polar surface area (TPSA) is 64.6 Å².